The van der Waals surface area contributed by atoms with Crippen LogP contribution in [0.25, 0.3) is 0 Å². The Bertz CT molecular complexity index is 1350. The Morgan fingerprint density at radius 3 is 2.08 bits per heavy atom. The third-order valence-corrected chi connectivity index (χ3v) is 12.6. The summed E-state index contributed by atoms with van der Waals surface area (Å²) < 4.78 is 47.6. The van der Waals surface area contributed by atoms with E-state index in [1.807, 2.05) is 25.9 Å². The molecule has 3 aliphatic rings. The van der Waals surface area contributed by atoms with Crippen molar-refractivity contribution in [1.82, 2.24) is 4.90 Å². The first-order valence-electron chi connectivity index (χ1n) is 20.8. The fourth-order valence-corrected chi connectivity index (χ4v) is 9.01. The van der Waals surface area contributed by atoms with E-state index in [1.165, 1.54) is 41.9 Å². The maximum Gasteiger partial charge on any atom is 0.311 e. The highest BCUT2D eigenvalue weighted by molar-refractivity contribution is 5.88. The van der Waals surface area contributed by atoms with Gasteiger partial charge >= 0.3 is 5.97 Å². The van der Waals surface area contributed by atoms with Crippen molar-refractivity contribution in [3.63, 3.8) is 0 Å². The van der Waals surface area contributed by atoms with Crippen molar-refractivity contribution in [3.05, 3.63) is 0 Å². The van der Waals surface area contributed by atoms with Gasteiger partial charge in [0.15, 0.2) is 12.6 Å². The molecule has 59 heavy (non-hydrogen) atoms. The number of nitrogens with zero attached hydrogens (tertiary/aromatic N) is 2. The van der Waals surface area contributed by atoms with Gasteiger partial charge in [0.05, 0.1) is 54.4 Å². The quantitative estimate of drug-likeness (QED) is 0.0663. The lowest BCUT2D eigenvalue weighted by atomic mass is 9.72. The Hall–Kier alpha value is -1.62. The number of ether oxygens (including phenoxy) is 8. The van der Waals surface area contributed by atoms with Gasteiger partial charge in [0.1, 0.15) is 41.7 Å². The Labute approximate surface area is 350 Å². The topological polar surface area (TPSA) is 237 Å². The lowest BCUT2D eigenvalue weighted by Crippen LogP contribution is -2.67. The predicted octanol–water partition coefficient (Wildman–Crippen LogP) is 1.32. The molecule has 6 N–H and O–H groups in total. The summed E-state index contributed by atoms with van der Waals surface area (Å²) in [6.45, 7) is 16.1. The molecule has 18 nitrogen and oxygen atoms in total. The van der Waals surface area contributed by atoms with Crippen LogP contribution in [0.3, 0.4) is 0 Å². The first-order valence-corrected chi connectivity index (χ1v) is 20.8. The summed E-state index contributed by atoms with van der Waals surface area (Å²) in [5.41, 5.74) is -7.36. The molecule has 3 aliphatic heterocycles. The average molecular weight is 853 g/mol. The van der Waals surface area contributed by atoms with Crippen LogP contribution in [0, 0.1) is 17.8 Å². The van der Waals surface area contributed by atoms with Gasteiger partial charge in [0.2, 0.25) is 6.79 Å². The minimum atomic E-state index is -2.33. The summed E-state index contributed by atoms with van der Waals surface area (Å²) in [4.78, 5) is 21.7. The van der Waals surface area contributed by atoms with Crippen molar-refractivity contribution >= 4 is 11.7 Å². The van der Waals surface area contributed by atoms with Crippen molar-refractivity contribution in [2.75, 3.05) is 48.3 Å². The number of hydrogen-bond acceptors (Lipinski definition) is 18. The number of rotatable bonds is 13. The van der Waals surface area contributed by atoms with Crippen LogP contribution in [-0.2, 0) is 47.5 Å². The van der Waals surface area contributed by atoms with Crippen LogP contribution in [0.1, 0.15) is 94.9 Å². The molecule has 0 aromatic carbocycles. The molecule has 3 heterocycles. The highest BCUT2D eigenvalue weighted by Gasteiger charge is 2.58. The minimum Gasteiger partial charge on any atom is -0.459 e. The van der Waals surface area contributed by atoms with Gasteiger partial charge in [-0.05, 0) is 81.8 Å². The van der Waals surface area contributed by atoms with Gasteiger partial charge in [-0.3, -0.25) is 4.79 Å². The predicted molar refractivity (Wildman–Crippen MR) is 214 cm³/mol. The van der Waals surface area contributed by atoms with Crippen molar-refractivity contribution < 1.29 is 78.2 Å². The van der Waals surface area contributed by atoms with E-state index >= 15 is 0 Å². The van der Waals surface area contributed by atoms with Crippen LogP contribution in [0.15, 0.2) is 5.16 Å². The molecule has 0 aromatic rings. The Balaban J connectivity index is 2.27. The second kappa shape index (κ2) is 21.2. The number of methoxy groups -OCH3 is 2. The number of aliphatic hydroxyl groups excluding tert-OH is 3. The summed E-state index contributed by atoms with van der Waals surface area (Å²) in [6.07, 6.45) is -11.8. The van der Waals surface area contributed by atoms with Gasteiger partial charge in [-0.25, -0.2) is 0 Å². The Kier molecular flexibility index (Phi) is 18.6. The molecule has 3 fully saturated rings. The first-order chi connectivity index (χ1) is 27.3. The molecular weight excluding hydrogens is 776 g/mol. The van der Waals surface area contributed by atoms with Crippen LogP contribution in [-0.4, -0.2) is 185 Å². The summed E-state index contributed by atoms with van der Waals surface area (Å²) in [5.74, 6) is -3.95. The van der Waals surface area contributed by atoms with Crippen LogP contribution < -0.4 is 0 Å². The zero-order chi connectivity index (χ0) is 44.8. The van der Waals surface area contributed by atoms with E-state index in [1.54, 1.807) is 34.6 Å². The van der Waals surface area contributed by atoms with E-state index in [4.69, 9.17) is 42.7 Å². The lowest BCUT2D eigenvalue weighted by Gasteiger charge is -2.52. The molecule has 18 heteroatoms. The Morgan fingerprint density at radius 1 is 0.864 bits per heavy atom. The molecule has 0 aliphatic carbocycles. The second-order valence-corrected chi connectivity index (χ2v) is 18.0. The maximum absolute atomic E-state index is 14.4. The standard InChI is InChI=1S/C41H76N2O16/c1-15-28-40(9,49)32(45)24(4)30(42-54-21-53-17-16-51-13)22(2)19-38(7,48)37(59-36-31(44)27(43(11)12)18-23(3)55-36)41(10,50)34(25(5)35(47)57-28)58-29-20-39(8,52-14)33(46)26(6)56-29/h22-29,31-34,36-37,44-46,48-50H,15-21H2,1-14H3/b42-30+/t22-,23-,24+,25-,26+,27+,28-,29+,31-,32-,33+,34-,36+,37+,38-,39-,40-,41?/m1/s1. The molecule has 0 amide bonds. The largest absolute Gasteiger partial charge is 0.459 e. The summed E-state index contributed by atoms with van der Waals surface area (Å²) in [7, 11) is 6.60. The third-order valence-electron chi connectivity index (χ3n) is 12.6. The van der Waals surface area contributed by atoms with E-state index in [2.05, 4.69) is 5.16 Å². The summed E-state index contributed by atoms with van der Waals surface area (Å²) in [6, 6.07) is -0.421. The number of carbonyl (C=O) groups excluding carboxylic acids is 1. The molecule has 0 spiro atoms. The molecule has 0 aromatic heterocycles. The van der Waals surface area contributed by atoms with E-state index in [9.17, 15) is 35.4 Å². The summed E-state index contributed by atoms with van der Waals surface area (Å²) >= 11 is 0. The molecular formula is C41H76N2O16. The van der Waals surface area contributed by atoms with Gasteiger partial charge in [0.25, 0.3) is 0 Å². The molecule has 0 saturated carbocycles. The van der Waals surface area contributed by atoms with E-state index in [-0.39, 0.29) is 38.4 Å². The molecule has 3 rings (SSSR count). The third kappa shape index (κ3) is 12.1. The Morgan fingerprint density at radius 2 is 1.51 bits per heavy atom. The number of oxime groups is 1. The van der Waals surface area contributed by atoms with Crippen molar-refractivity contribution in [3.8, 4) is 0 Å². The van der Waals surface area contributed by atoms with Crippen LogP contribution in [0.4, 0.5) is 0 Å². The minimum absolute atomic E-state index is 0.0276. The molecule has 346 valence electrons. The van der Waals surface area contributed by atoms with Crippen LogP contribution in [0.2, 0.25) is 0 Å². The SMILES string of the molecule is CC[C@H]1OC(=O)[C@H](C)[C@@H](O[C@H]2C[C@@](C)(OC)[C@@H](O)[C@H](C)O2)C(C)(O)[C@@H](O[C@@H]2O[C@H](C)C[C@H](N(C)C)[C@H]2O)[C@](C)(O)C[C@@H](C)/C(=N\OCOCCOC)[C@H](C)[C@@H](O)[C@]1(C)O. The number of cyclic esters (lactones) is 1. The molecule has 18 atom stereocenters. The molecule has 1 unspecified atom stereocenters. The normalized spacial score (nSPS) is 46.5. The number of esters is 1. The van der Waals surface area contributed by atoms with Crippen LogP contribution >= 0.6 is 0 Å². The zero-order valence-corrected chi connectivity index (χ0v) is 37.7. The fraction of sp³-hybridized carbons (Fsp3) is 0.951. The summed E-state index contributed by atoms with van der Waals surface area (Å²) in [5, 5.41) is 76.6. The van der Waals surface area contributed by atoms with Gasteiger partial charge < -0.3 is 78.3 Å². The van der Waals surface area contributed by atoms with E-state index in [0.717, 1.165) is 0 Å². The monoisotopic (exact) mass is 853 g/mol. The highest BCUT2D eigenvalue weighted by Crippen LogP contribution is 2.42. The van der Waals surface area contributed by atoms with Crippen molar-refractivity contribution in [2.24, 2.45) is 22.9 Å². The maximum atomic E-state index is 14.4. The number of hydrogen-bond donors (Lipinski definition) is 6. The average Bonchev–Trinajstić information content (AvgIpc) is 3.15. The highest BCUT2D eigenvalue weighted by atomic mass is 16.7. The van der Waals surface area contributed by atoms with Crippen molar-refractivity contribution in [1.29, 1.82) is 0 Å². The smallest absolute Gasteiger partial charge is 0.311 e. The molecule has 3 saturated heterocycles. The second-order valence-electron chi connectivity index (χ2n) is 18.0. The lowest BCUT2D eigenvalue weighted by molar-refractivity contribution is -0.343. The van der Waals surface area contributed by atoms with Gasteiger partial charge in [-0.1, -0.05) is 25.9 Å². The van der Waals surface area contributed by atoms with Crippen LogP contribution in [0.5, 0.6) is 0 Å². The van der Waals surface area contributed by atoms with Gasteiger partial charge in [0, 0.05) is 38.5 Å². The molecule has 0 bridgehead atoms. The van der Waals surface area contributed by atoms with Gasteiger partial charge in [-0.15, -0.1) is 0 Å². The van der Waals surface area contributed by atoms with Gasteiger partial charge in [-0.2, -0.15) is 0 Å². The zero-order valence-electron chi connectivity index (χ0n) is 37.7. The van der Waals surface area contributed by atoms with E-state index in [0.29, 0.717) is 13.0 Å². The number of carbonyl (C=O) groups is 1. The number of likely N-dealkylation sites (N-methyl/N-ethyl adjacent to an activating group) is 1. The van der Waals surface area contributed by atoms with E-state index < -0.39 is 114 Å². The molecule has 0 radical (unpaired) electrons. The fourth-order valence-electron chi connectivity index (χ4n) is 9.01. The number of aliphatic hydroxyl groups is 6. The first kappa shape index (κ1) is 51.7. The van der Waals surface area contributed by atoms with Crippen molar-refractivity contribution in [2.45, 2.75) is 185 Å².